The molecule has 0 atom stereocenters. The summed E-state index contributed by atoms with van der Waals surface area (Å²) in [5.41, 5.74) is 1.94. The number of rotatable bonds is 6. The fourth-order valence-corrected chi connectivity index (χ4v) is 3.42. The van der Waals surface area contributed by atoms with Crippen molar-refractivity contribution in [1.29, 1.82) is 0 Å². The molecule has 0 spiro atoms. The molecule has 5 nitrogen and oxygen atoms in total. The van der Waals surface area contributed by atoms with Gasteiger partial charge in [-0.1, -0.05) is 32.9 Å². The first-order valence-corrected chi connectivity index (χ1v) is 9.94. The Morgan fingerprint density at radius 3 is 2.43 bits per heavy atom. The monoisotopic (exact) mass is 386 g/mol. The Hall–Kier alpha value is -2.05. The molecular formula is C22H31FN4O. The summed E-state index contributed by atoms with van der Waals surface area (Å²) in [6.07, 6.45) is 2.10. The predicted octanol–water partition coefficient (Wildman–Crippen LogP) is 4.14. The molecule has 1 aliphatic rings. The topological polar surface area (TPSA) is 50.3 Å². The summed E-state index contributed by atoms with van der Waals surface area (Å²) >= 11 is 0. The van der Waals surface area contributed by atoms with Crippen molar-refractivity contribution >= 4 is 5.82 Å². The lowest BCUT2D eigenvalue weighted by Gasteiger charge is -2.33. The van der Waals surface area contributed by atoms with Crippen LogP contribution in [0.4, 0.5) is 10.2 Å². The number of likely N-dealkylation sites (tertiary alicyclic amines) is 1. The van der Waals surface area contributed by atoms with Gasteiger partial charge in [0.15, 0.2) is 0 Å². The highest BCUT2D eigenvalue weighted by Gasteiger charge is 2.22. The zero-order valence-corrected chi connectivity index (χ0v) is 17.3. The molecule has 28 heavy (non-hydrogen) atoms. The highest BCUT2D eigenvalue weighted by molar-refractivity contribution is 5.38. The Morgan fingerprint density at radius 2 is 1.82 bits per heavy atom. The van der Waals surface area contributed by atoms with Crippen molar-refractivity contribution in [2.75, 3.05) is 25.5 Å². The lowest BCUT2D eigenvalue weighted by atomic mass is 9.95. The molecule has 1 aliphatic heterocycles. The van der Waals surface area contributed by atoms with Crippen LogP contribution in [0.5, 0.6) is 0 Å². The second-order valence-corrected chi connectivity index (χ2v) is 8.57. The van der Waals surface area contributed by atoms with Gasteiger partial charge in [-0.3, -0.25) is 4.90 Å². The molecule has 1 fully saturated rings. The van der Waals surface area contributed by atoms with Crippen LogP contribution in [0.3, 0.4) is 0 Å². The summed E-state index contributed by atoms with van der Waals surface area (Å²) in [4.78, 5) is 11.8. The Kier molecular flexibility index (Phi) is 6.62. The molecule has 0 amide bonds. The van der Waals surface area contributed by atoms with Crippen LogP contribution in [0.2, 0.25) is 0 Å². The summed E-state index contributed by atoms with van der Waals surface area (Å²) in [6, 6.07) is 9.18. The lowest BCUT2D eigenvalue weighted by Crippen LogP contribution is -2.39. The van der Waals surface area contributed by atoms with E-state index in [9.17, 15) is 4.39 Å². The highest BCUT2D eigenvalue weighted by atomic mass is 19.1. The van der Waals surface area contributed by atoms with E-state index in [0.717, 1.165) is 55.4 Å². The van der Waals surface area contributed by atoms with Crippen LogP contribution in [-0.4, -0.2) is 41.1 Å². The molecule has 0 bridgehead atoms. The number of piperidine rings is 1. The molecule has 1 aromatic heterocycles. The van der Waals surface area contributed by atoms with Gasteiger partial charge in [0.2, 0.25) is 0 Å². The van der Waals surface area contributed by atoms with Gasteiger partial charge >= 0.3 is 0 Å². The van der Waals surface area contributed by atoms with Crippen LogP contribution in [0, 0.1) is 5.82 Å². The van der Waals surface area contributed by atoms with E-state index in [1.165, 1.54) is 12.1 Å². The first-order chi connectivity index (χ1) is 13.3. The number of aromatic nitrogens is 2. The number of ether oxygens (including phenoxy) is 1. The van der Waals surface area contributed by atoms with Crippen molar-refractivity contribution < 1.29 is 9.13 Å². The maximum atomic E-state index is 13.1. The van der Waals surface area contributed by atoms with Crippen LogP contribution >= 0.6 is 0 Å². The third kappa shape index (κ3) is 5.72. The van der Waals surface area contributed by atoms with E-state index in [2.05, 4.69) is 36.0 Å². The quantitative estimate of drug-likeness (QED) is 0.809. The molecule has 1 N–H and O–H groups in total. The fraction of sp³-hybridized carbons (Fsp3) is 0.545. The van der Waals surface area contributed by atoms with Crippen LogP contribution in [0.1, 0.15) is 50.7 Å². The second kappa shape index (κ2) is 8.97. The minimum atomic E-state index is -0.182. The molecular weight excluding hydrogens is 355 g/mol. The van der Waals surface area contributed by atoms with Crippen molar-refractivity contribution in [1.82, 2.24) is 14.9 Å². The zero-order chi connectivity index (χ0) is 20.1. The van der Waals surface area contributed by atoms with E-state index < -0.39 is 0 Å². The van der Waals surface area contributed by atoms with Gasteiger partial charge in [0.05, 0.1) is 12.3 Å². The standard InChI is InChI=1S/C22H31FN4O/c1-22(2,3)21-25-19(15-28-4)13-20(26-21)24-18-9-11-27(12-10-18)14-16-5-7-17(23)8-6-16/h5-8,13,18H,9-12,14-15H2,1-4H3,(H,24,25,26). The van der Waals surface area contributed by atoms with Crippen LogP contribution < -0.4 is 5.32 Å². The van der Waals surface area contributed by atoms with Crippen molar-refractivity contribution in [3.63, 3.8) is 0 Å². The van der Waals surface area contributed by atoms with Crippen LogP contribution in [0.15, 0.2) is 30.3 Å². The molecule has 152 valence electrons. The molecule has 3 rings (SSSR count). The molecule has 0 radical (unpaired) electrons. The predicted molar refractivity (Wildman–Crippen MR) is 110 cm³/mol. The molecule has 0 unspecified atom stereocenters. The van der Waals surface area contributed by atoms with E-state index in [4.69, 9.17) is 9.72 Å². The molecule has 1 saturated heterocycles. The van der Waals surface area contributed by atoms with Crippen molar-refractivity contribution in [3.8, 4) is 0 Å². The number of hydrogen-bond acceptors (Lipinski definition) is 5. The Morgan fingerprint density at radius 1 is 1.14 bits per heavy atom. The van der Waals surface area contributed by atoms with E-state index in [0.29, 0.717) is 12.6 Å². The second-order valence-electron chi connectivity index (χ2n) is 8.57. The Labute approximate surface area is 167 Å². The summed E-state index contributed by atoms with van der Waals surface area (Å²) in [5, 5.41) is 3.60. The largest absolute Gasteiger partial charge is 0.378 e. The first kappa shape index (κ1) is 20.7. The summed E-state index contributed by atoms with van der Waals surface area (Å²) < 4.78 is 18.3. The molecule has 2 aromatic rings. The number of nitrogens with one attached hydrogen (secondary N) is 1. The number of nitrogens with zero attached hydrogens (tertiary/aromatic N) is 3. The van der Waals surface area contributed by atoms with Crippen LogP contribution in [-0.2, 0) is 23.3 Å². The number of methoxy groups -OCH3 is 1. The first-order valence-electron chi connectivity index (χ1n) is 9.94. The summed E-state index contributed by atoms with van der Waals surface area (Å²) in [5.74, 6) is 1.53. The van der Waals surface area contributed by atoms with Gasteiger partial charge in [0, 0.05) is 44.3 Å². The number of benzene rings is 1. The molecule has 2 heterocycles. The van der Waals surface area contributed by atoms with E-state index in [-0.39, 0.29) is 11.2 Å². The highest BCUT2D eigenvalue weighted by Crippen LogP contribution is 2.23. The molecule has 0 aliphatic carbocycles. The number of anilines is 1. The van der Waals surface area contributed by atoms with Gasteiger partial charge in [-0.2, -0.15) is 0 Å². The van der Waals surface area contributed by atoms with Crippen molar-refractivity contribution in [3.05, 3.63) is 53.2 Å². The summed E-state index contributed by atoms with van der Waals surface area (Å²) in [7, 11) is 1.68. The van der Waals surface area contributed by atoms with E-state index in [1.54, 1.807) is 7.11 Å². The number of hydrogen-bond donors (Lipinski definition) is 1. The van der Waals surface area contributed by atoms with Gasteiger partial charge in [-0.25, -0.2) is 14.4 Å². The Balaban J connectivity index is 1.59. The smallest absolute Gasteiger partial charge is 0.136 e. The van der Waals surface area contributed by atoms with Crippen molar-refractivity contribution in [2.45, 2.75) is 58.2 Å². The van der Waals surface area contributed by atoms with Crippen LogP contribution in [0.25, 0.3) is 0 Å². The lowest BCUT2D eigenvalue weighted by molar-refractivity contribution is 0.181. The van der Waals surface area contributed by atoms with E-state index >= 15 is 0 Å². The van der Waals surface area contributed by atoms with Gasteiger partial charge in [-0.05, 0) is 30.5 Å². The third-order valence-electron chi connectivity index (χ3n) is 5.00. The molecule has 1 aromatic carbocycles. The van der Waals surface area contributed by atoms with Gasteiger partial charge in [0.1, 0.15) is 17.5 Å². The van der Waals surface area contributed by atoms with Gasteiger partial charge < -0.3 is 10.1 Å². The Bertz CT molecular complexity index is 765. The van der Waals surface area contributed by atoms with Crippen molar-refractivity contribution in [2.24, 2.45) is 0 Å². The van der Waals surface area contributed by atoms with Gasteiger partial charge in [0.25, 0.3) is 0 Å². The average molecular weight is 387 g/mol. The van der Waals surface area contributed by atoms with Gasteiger partial charge in [-0.15, -0.1) is 0 Å². The maximum Gasteiger partial charge on any atom is 0.136 e. The minimum Gasteiger partial charge on any atom is -0.378 e. The van der Waals surface area contributed by atoms with E-state index in [1.807, 2.05) is 18.2 Å². The average Bonchev–Trinajstić information content (AvgIpc) is 2.65. The number of halogens is 1. The SMILES string of the molecule is COCc1cc(NC2CCN(Cc3ccc(F)cc3)CC2)nc(C(C)(C)C)n1. The third-order valence-corrected chi connectivity index (χ3v) is 5.00. The molecule has 0 saturated carbocycles. The molecule has 6 heteroatoms. The summed E-state index contributed by atoms with van der Waals surface area (Å²) in [6.45, 7) is 9.74. The zero-order valence-electron chi connectivity index (χ0n) is 17.3. The minimum absolute atomic E-state index is 0.112. The fourth-order valence-electron chi connectivity index (χ4n) is 3.42. The normalized spacial score (nSPS) is 16.3. The maximum absolute atomic E-state index is 13.1.